The molecule has 0 aliphatic heterocycles. The van der Waals surface area contributed by atoms with Crippen molar-refractivity contribution in [2.75, 3.05) is 0 Å². The quantitative estimate of drug-likeness (QED) is 0.868. The van der Waals surface area contributed by atoms with Gasteiger partial charge in [0.25, 0.3) is 0 Å². The van der Waals surface area contributed by atoms with Gasteiger partial charge in [-0.05, 0) is 18.1 Å². The monoisotopic (exact) mass is 230 g/mol. The summed E-state index contributed by atoms with van der Waals surface area (Å²) in [4.78, 5) is 8.66. The van der Waals surface area contributed by atoms with Crippen LogP contribution in [0, 0.1) is 0 Å². The van der Waals surface area contributed by atoms with Crippen molar-refractivity contribution in [3.8, 4) is 0 Å². The van der Waals surface area contributed by atoms with Crippen LogP contribution in [0.15, 0.2) is 30.9 Å². The Labute approximate surface area is 102 Å². The molecule has 0 saturated heterocycles. The molecule has 90 valence electrons. The van der Waals surface area contributed by atoms with Crippen LogP contribution < -0.4 is 5.73 Å². The van der Waals surface area contributed by atoms with E-state index >= 15 is 0 Å². The molecule has 0 saturated carbocycles. The molecular formula is C13H18N4. The molecule has 0 fully saturated rings. The molecule has 1 atom stereocenters. The van der Waals surface area contributed by atoms with E-state index in [1.807, 2.05) is 30.1 Å². The van der Waals surface area contributed by atoms with Gasteiger partial charge in [-0.3, -0.25) is 4.98 Å². The molecule has 0 spiro atoms. The van der Waals surface area contributed by atoms with Gasteiger partial charge in [-0.15, -0.1) is 0 Å². The number of hydrogen-bond donors (Lipinski definition) is 1. The van der Waals surface area contributed by atoms with Gasteiger partial charge in [0.2, 0.25) is 0 Å². The highest BCUT2D eigenvalue weighted by molar-refractivity contribution is 5.16. The minimum Gasteiger partial charge on any atom is -0.340 e. The van der Waals surface area contributed by atoms with E-state index in [0.717, 1.165) is 24.2 Å². The van der Waals surface area contributed by atoms with Crippen LogP contribution in [-0.2, 0) is 19.9 Å². The first kappa shape index (κ1) is 11.8. The number of pyridine rings is 1. The van der Waals surface area contributed by atoms with Crippen molar-refractivity contribution in [1.82, 2.24) is 14.5 Å². The molecule has 0 amide bonds. The normalized spacial score (nSPS) is 12.6. The molecule has 2 heterocycles. The second-order valence-electron chi connectivity index (χ2n) is 4.29. The predicted molar refractivity (Wildman–Crippen MR) is 67.5 cm³/mol. The standard InChI is InChI=1S/C13H18N4/c1-3-10-4-5-11(15-7-10)6-12(14)13-8-17(2)9-16-13/h4-5,7-9,12H,3,6,14H2,1-2H3. The van der Waals surface area contributed by atoms with Crippen molar-refractivity contribution in [1.29, 1.82) is 0 Å². The fourth-order valence-electron chi connectivity index (χ4n) is 1.74. The van der Waals surface area contributed by atoms with Gasteiger partial charge in [-0.2, -0.15) is 0 Å². The molecule has 0 bridgehead atoms. The van der Waals surface area contributed by atoms with Crippen molar-refractivity contribution in [3.63, 3.8) is 0 Å². The third kappa shape index (κ3) is 2.91. The molecule has 4 heteroatoms. The summed E-state index contributed by atoms with van der Waals surface area (Å²) in [5.41, 5.74) is 9.27. The molecule has 0 aromatic carbocycles. The molecule has 2 aromatic rings. The number of hydrogen-bond acceptors (Lipinski definition) is 3. The van der Waals surface area contributed by atoms with Crippen LogP contribution in [-0.4, -0.2) is 14.5 Å². The highest BCUT2D eigenvalue weighted by Gasteiger charge is 2.10. The highest BCUT2D eigenvalue weighted by atomic mass is 15.0. The number of nitrogens with zero attached hydrogens (tertiary/aromatic N) is 3. The van der Waals surface area contributed by atoms with Gasteiger partial charge >= 0.3 is 0 Å². The Morgan fingerprint density at radius 1 is 1.35 bits per heavy atom. The number of imidazole rings is 1. The smallest absolute Gasteiger partial charge is 0.0947 e. The van der Waals surface area contributed by atoms with Gasteiger partial charge in [0.15, 0.2) is 0 Å². The second-order valence-corrected chi connectivity index (χ2v) is 4.29. The Morgan fingerprint density at radius 3 is 2.71 bits per heavy atom. The van der Waals surface area contributed by atoms with Crippen LogP contribution in [0.25, 0.3) is 0 Å². The van der Waals surface area contributed by atoms with Crippen LogP contribution in [0.3, 0.4) is 0 Å². The molecule has 0 radical (unpaired) electrons. The average Bonchev–Trinajstić information content (AvgIpc) is 2.77. The van der Waals surface area contributed by atoms with E-state index < -0.39 is 0 Å². The Balaban J connectivity index is 2.04. The van der Waals surface area contributed by atoms with Gasteiger partial charge in [0.1, 0.15) is 0 Å². The van der Waals surface area contributed by atoms with E-state index in [-0.39, 0.29) is 6.04 Å². The third-order valence-corrected chi connectivity index (χ3v) is 2.83. The first-order chi connectivity index (χ1) is 8.19. The minimum atomic E-state index is -0.0869. The fraction of sp³-hybridized carbons (Fsp3) is 0.385. The summed E-state index contributed by atoms with van der Waals surface area (Å²) < 4.78 is 1.91. The van der Waals surface area contributed by atoms with E-state index in [1.165, 1.54) is 5.56 Å². The van der Waals surface area contributed by atoms with E-state index in [4.69, 9.17) is 5.73 Å². The van der Waals surface area contributed by atoms with Gasteiger partial charge in [0.05, 0.1) is 18.1 Å². The second kappa shape index (κ2) is 5.10. The minimum absolute atomic E-state index is 0.0869. The first-order valence-corrected chi connectivity index (χ1v) is 5.86. The summed E-state index contributed by atoms with van der Waals surface area (Å²) in [6.07, 6.45) is 7.37. The maximum Gasteiger partial charge on any atom is 0.0947 e. The fourth-order valence-corrected chi connectivity index (χ4v) is 1.74. The summed E-state index contributed by atoms with van der Waals surface area (Å²) >= 11 is 0. The molecule has 1 unspecified atom stereocenters. The molecular weight excluding hydrogens is 212 g/mol. The number of aromatic nitrogens is 3. The van der Waals surface area contributed by atoms with E-state index in [0.29, 0.717) is 0 Å². The lowest BCUT2D eigenvalue weighted by Crippen LogP contribution is -2.14. The Bertz CT molecular complexity index is 472. The number of rotatable bonds is 4. The maximum absolute atomic E-state index is 6.10. The molecule has 2 N–H and O–H groups in total. The average molecular weight is 230 g/mol. The topological polar surface area (TPSA) is 56.7 Å². The largest absolute Gasteiger partial charge is 0.340 e. The molecule has 2 aromatic heterocycles. The molecule has 17 heavy (non-hydrogen) atoms. The lowest BCUT2D eigenvalue weighted by molar-refractivity contribution is 0.686. The molecule has 2 rings (SSSR count). The predicted octanol–water partition coefficient (Wildman–Crippen LogP) is 1.62. The zero-order valence-corrected chi connectivity index (χ0v) is 10.3. The Morgan fingerprint density at radius 2 is 2.18 bits per heavy atom. The van der Waals surface area contributed by atoms with Crippen molar-refractivity contribution in [2.24, 2.45) is 12.8 Å². The van der Waals surface area contributed by atoms with E-state index in [2.05, 4.69) is 23.0 Å². The SMILES string of the molecule is CCc1ccc(CC(N)c2cn(C)cn2)nc1. The van der Waals surface area contributed by atoms with E-state index in [9.17, 15) is 0 Å². The maximum atomic E-state index is 6.10. The lowest BCUT2D eigenvalue weighted by Gasteiger charge is -2.08. The summed E-state index contributed by atoms with van der Waals surface area (Å²) in [5.74, 6) is 0. The van der Waals surface area contributed by atoms with Crippen molar-refractivity contribution >= 4 is 0 Å². The summed E-state index contributed by atoms with van der Waals surface area (Å²) in [6.45, 7) is 2.12. The van der Waals surface area contributed by atoms with Gasteiger partial charge < -0.3 is 10.3 Å². The van der Waals surface area contributed by atoms with Crippen LogP contribution in [0.4, 0.5) is 0 Å². The molecule has 0 aliphatic rings. The Hall–Kier alpha value is -1.68. The van der Waals surface area contributed by atoms with Crippen LogP contribution in [0.2, 0.25) is 0 Å². The summed E-state index contributed by atoms with van der Waals surface area (Å²) in [7, 11) is 1.94. The lowest BCUT2D eigenvalue weighted by atomic mass is 10.1. The zero-order chi connectivity index (χ0) is 12.3. The first-order valence-electron chi connectivity index (χ1n) is 5.86. The molecule has 0 aliphatic carbocycles. The van der Waals surface area contributed by atoms with Crippen molar-refractivity contribution in [2.45, 2.75) is 25.8 Å². The van der Waals surface area contributed by atoms with Gasteiger partial charge in [-0.25, -0.2) is 4.98 Å². The van der Waals surface area contributed by atoms with Crippen LogP contribution >= 0.6 is 0 Å². The summed E-state index contributed by atoms with van der Waals surface area (Å²) in [5, 5.41) is 0. The van der Waals surface area contributed by atoms with Crippen molar-refractivity contribution < 1.29 is 0 Å². The third-order valence-electron chi connectivity index (χ3n) is 2.83. The zero-order valence-electron chi connectivity index (χ0n) is 10.3. The van der Waals surface area contributed by atoms with Crippen LogP contribution in [0.5, 0.6) is 0 Å². The number of nitrogens with two attached hydrogens (primary N) is 1. The van der Waals surface area contributed by atoms with E-state index in [1.54, 1.807) is 6.33 Å². The summed E-state index contributed by atoms with van der Waals surface area (Å²) in [6, 6.07) is 4.06. The van der Waals surface area contributed by atoms with Crippen LogP contribution in [0.1, 0.15) is 29.9 Å². The van der Waals surface area contributed by atoms with Crippen molar-refractivity contribution in [3.05, 3.63) is 47.8 Å². The van der Waals surface area contributed by atoms with Gasteiger partial charge in [0, 0.05) is 31.6 Å². The highest BCUT2D eigenvalue weighted by Crippen LogP contribution is 2.13. The molecule has 4 nitrogen and oxygen atoms in total. The Kier molecular flexibility index (Phi) is 3.54. The number of aryl methyl sites for hydroxylation is 2. The van der Waals surface area contributed by atoms with Gasteiger partial charge in [-0.1, -0.05) is 13.0 Å².